The normalized spacial score (nSPS) is 20.0. The number of nitrogens with zero attached hydrogens (tertiary/aromatic N) is 3. The number of amidine groups is 1. The van der Waals surface area contributed by atoms with Gasteiger partial charge < -0.3 is 5.32 Å². The van der Waals surface area contributed by atoms with Gasteiger partial charge in [-0.05, 0) is 24.3 Å². The molecule has 1 atom stereocenters. The van der Waals surface area contributed by atoms with E-state index in [0.717, 1.165) is 4.90 Å². The fourth-order valence-electron chi connectivity index (χ4n) is 2.59. The maximum atomic E-state index is 12.5. The molecule has 1 aromatic rings. The Morgan fingerprint density at radius 3 is 2.83 bits per heavy atom. The average molecular weight is 346 g/mol. The SMILES string of the molecule is CN1C(=O)C2C(NC(=O)c3cccc(Cl)c3)=CC=NC2=[N+](C)C1=O. The molecule has 1 N–H and O–H groups in total. The van der Waals surface area contributed by atoms with E-state index < -0.39 is 23.8 Å². The monoisotopic (exact) mass is 345 g/mol. The van der Waals surface area contributed by atoms with Crippen molar-refractivity contribution < 1.29 is 19.0 Å². The summed E-state index contributed by atoms with van der Waals surface area (Å²) in [4.78, 5) is 42.0. The molecule has 8 heteroatoms. The number of dihydropyridines is 1. The lowest BCUT2D eigenvalue weighted by Gasteiger charge is -2.26. The minimum Gasteiger partial charge on any atom is -0.324 e. The van der Waals surface area contributed by atoms with Gasteiger partial charge in [-0.2, -0.15) is 9.48 Å². The minimum absolute atomic E-state index is 0.284. The van der Waals surface area contributed by atoms with Gasteiger partial charge in [-0.1, -0.05) is 17.7 Å². The summed E-state index contributed by atoms with van der Waals surface area (Å²) < 4.78 is 1.29. The van der Waals surface area contributed by atoms with Crippen LogP contribution in [-0.2, 0) is 4.79 Å². The van der Waals surface area contributed by atoms with Crippen LogP contribution in [0.1, 0.15) is 10.4 Å². The number of carbonyl (C=O) groups is 3. The highest BCUT2D eigenvalue weighted by atomic mass is 35.5. The lowest BCUT2D eigenvalue weighted by atomic mass is 9.97. The maximum Gasteiger partial charge on any atom is 0.445 e. The number of aliphatic imine (C=N–C) groups is 1. The first kappa shape index (κ1) is 16.1. The number of nitrogens with one attached hydrogen (secondary N) is 1. The van der Waals surface area contributed by atoms with Gasteiger partial charge in [-0.3, -0.25) is 9.59 Å². The van der Waals surface area contributed by atoms with Crippen molar-refractivity contribution in [2.24, 2.45) is 10.9 Å². The first-order chi connectivity index (χ1) is 11.4. The van der Waals surface area contributed by atoms with Crippen molar-refractivity contribution in [3.8, 4) is 0 Å². The fraction of sp³-hybridized carbons (Fsp3) is 0.188. The lowest BCUT2D eigenvalue weighted by Crippen LogP contribution is -2.54. The van der Waals surface area contributed by atoms with E-state index >= 15 is 0 Å². The smallest absolute Gasteiger partial charge is 0.324 e. The van der Waals surface area contributed by atoms with Crippen molar-refractivity contribution >= 4 is 41.5 Å². The molecule has 7 nitrogen and oxygen atoms in total. The Labute approximate surface area is 142 Å². The molecular formula is C16H14ClN4O3+. The van der Waals surface area contributed by atoms with Crippen LogP contribution in [0.25, 0.3) is 0 Å². The second-order valence-corrected chi connectivity index (χ2v) is 5.83. The largest absolute Gasteiger partial charge is 0.445 e. The molecule has 122 valence electrons. The summed E-state index contributed by atoms with van der Waals surface area (Å²) in [5.41, 5.74) is 0.731. The zero-order chi connectivity index (χ0) is 17.4. The van der Waals surface area contributed by atoms with Crippen LogP contribution in [0.4, 0.5) is 4.79 Å². The van der Waals surface area contributed by atoms with E-state index in [-0.39, 0.29) is 5.84 Å². The van der Waals surface area contributed by atoms with Crippen molar-refractivity contribution in [2.75, 3.05) is 14.1 Å². The molecule has 0 saturated heterocycles. The van der Waals surface area contributed by atoms with Crippen LogP contribution in [-0.4, -0.2) is 53.5 Å². The first-order valence-corrected chi connectivity index (χ1v) is 7.51. The highest BCUT2D eigenvalue weighted by Crippen LogP contribution is 2.22. The second kappa shape index (κ2) is 6.01. The Hall–Kier alpha value is -2.80. The van der Waals surface area contributed by atoms with Crippen LogP contribution in [0.2, 0.25) is 5.02 Å². The molecular weight excluding hydrogens is 332 g/mol. The predicted molar refractivity (Wildman–Crippen MR) is 88.3 cm³/mol. The Balaban J connectivity index is 1.93. The molecule has 24 heavy (non-hydrogen) atoms. The maximum absolute atomic E-state index is 12.5. The molecule has 0 radical (unpaired) electrons. The van der Waals surface area contributed by atoms with Crippen LogP contribution >= 0.6 is 11.6 Å². The number of rotatable bonds is 2. The first-order valence-electron chi connectivity index (χ1n) is 7.13. The standard InChI is InChI=1S/C16H13ClN4O3/c1-20-13-12(15(23)21(2)16(20)24)11(6-7-18-13)19-14(22)9-4-3-5-10(17)8-9/h3-8,12H,1-2H3/p+1. The average Bonchev–Trinajstić information content (AvgIpc) is 2.58. The molecule has 0 saturated carbocycles. The van der Waals surface area contributed by atoms with E-state index in [1.807, 2.05) is 0 Å². The van der Waals surface area contributed by atoms with Crippen molar-refractivity contribution in [3.05, 3.63) is 46.6 Å². The summed E-state index contributed by atoms with van der Waals surface area (Å²) in [6, 6.07) is 6.01. The van der Waals surface area contributed by atoms with Gasteiger partial charge in [0, 0.05) is 16.3 Å². The van der Waals surface area contributed by atoms with Crippen molar-refractivity contribution in [3.63, 3.8) is 0 Å². The fourth-order valence-corrected chi connectivity index (χ4v) is 2.78. The third-order valence-corrected chi connectivity index (χ3v) is 4.10. The van der Waals surface area contributed by atoms with Gasteiger partial charge in [0.2, 0.25) is 0 Å². The Morgan fingerprint density at radius 1 is 1.38 bits per heavy atom. The van der Waals surface area contributed by atoms with Crippen molar-refractivity contribution in [1.82, 2.24) is 10.2 Å². The molecule has 4 amide bonds. The Morgan fingerprint density at radius 2 is 2.12 bits per heavy atom. The quantitative estimate of drug-likeness (QED) is 0.820. The predicted octanol–water partition coefficient (Wildman–Crippen LogP) is 1.29. The number of carbonyl (C=O) groups excluding carboxylic acids is 3. The number of amides is 4. The van der Waals surface area contributed by atoms with E-state index in [0.29, 0.717) is 16.3 Å². The Kier molecular flexibility index (Phi) is 4.02. The van der Waals surface area contributed by atoms with Crippen LogP contribution in [0.15, 0.2) is 41.0 Å². The third-order valence-electron chi connectivity index (χ3n) is 3.87. The van der Waals surface area contributed by atoms with Crippen LogP contribution in [0.3, 0.4) is 0 Å². The number of benzene rings is 1. The van der Waals surface area contributed by atoms with E-state index in [4.69, 9.17) is 11.6 Å². The van der Waals surface area contributed by atoms with E-state index in [1.165, 1.54) is 31.0 Å². The van der Waals surface area contributed by atoms with Crippen molar-refractivity contribution in [1.29, 1.82) is 0 Å². The second-order valence-electron chi connectivity index (χ2n) is 5.39. The molecule has 0 aliphatic carbocycles. The van der Waals surface area contributed by atoms with Crippen LogP contribution in [0.5, 0.6) is 0 Å². The third kappa shape index (κ3) is 2.63. The summed E-state index contributed by atoms with van der Waals surface area (Å²) in [6.45, 7) is 0. The van der Waals surface area contributed by atoms with Gasteiger partial charge in [0.05, 0.1) is 14.1 Å². The number of halogens is 1. The molecule has 1 unspecified atom stereocenters. The molecule has 0 aromatic heterocycles. The summed E-state index contributed by atoms with van der Waals surface area (Å²) in [6.07, 6.45) is 2.99. The van der Waals surface area contributed by atoms with Gasteiger partial charge in [-0.15, -0.1) is 4.99 Å². The minimum atomic E-state index is -0.828. The number of hydrogen-bond acceptors (Lipinski definition) is 4. The van der Waals surface area contributed by atoms with Gasteiger partial charge in [0.25, 0.3) is 11.7 Å². The summed E-state index contributed by atoms with van der Waals surface area (Å²) in [5.74, 6) is -1.38. The van der Waals surface area contributed by atoms with E-state index in [2.05, 4.69) is 10.3 Å². The Bertz CT molecular complexity index is 857. The van der Waals surface area contributed by atoms with Gasteiger partial charge in [0.15, 0.2) is 5.92 Å². The molecule has 0 fully saturated rings. The molecule has 2 aliphatic heterocycles. The van der Waals surface area contributed by atoms with E-state index in [1.54, 1.807) is 24.3 Å². The molecule has 3 rings (SSSR count). The van der Waals surface area contributed by atoms with Gasteiger partial charge in [-0.25, -0.2) is 4.79 Å². The number of urea groups is 1. The van der Waals surface area contributed by atoms with Crippen molar-refractivity contribution in [2.45, 2.75) is 0 Å². The number of imide groups is 1. The van der Waals surface area contributed by atoms with E-state index in [9.17, 15) is 14.4 Å². The molecule has 1 aromatic carbocycles. The molecule has 0 spiro atoms. The number of hydrogen-bond donors (Lipinski definition) is 1. The molecule has 2 aliphatic rings. The van der Waals surface area contributed by atoms with Gasteiger partial charge in [0.1, 0.15) is 6.21 Å². The summed E-state index contributed by atoms with van der Waals surface area (Å²) in [5, 5.41) is 3.15. The summed E-state index contributed by atoms with van der Waals surface area (Å²) in [7, 11) is 2.93. The zero-order valence-electron chi connectivity index (χ0n) is 13.0. The number of allylic oxidation sites excluding steroid dienone is 1. The summed E-state index contributed by atoms with van der Waals surface area (Å²) >= 11 is 5.89. The number of fused-ring (bicyclic) bond motifs is 1. The van der Waals surface area contributed by atoms with Gasteiger partial charge >= 0.3 is 11.9 Å². The van der Waals surface area contributed by atoms with Crippen LogP contribution in [0, 0.1) is 5.92 Å². The molecule has 2 heterocycles. The zero-order valence-corrected chi connectivity index (χ0v) is 13.7. The molecule has 0 bridgehead atoms. The lowest BCUT2D eigenvalue weighted by molar-refractivity contribution is -0.407. The highest BCUT2D eigenvalue weighted by Gasteiger charge is 2.47. The topological polar surface area (TPSA) is 81.8 Å². The van der Waals surface area contributed by atoms with Crippen LogP contribution < -0.4 is 5.32 Å². The highest BCUT2D eigenvalue weighted by molar-refractivity contribution is 6.31.